The van der Waals surface area contributed by atoms with Crippen LogP contribution in [0.2, 0.25) is 0 Å². The Labute approximate surface area is 361 Å². The predicted octanol–water partition coefficient (Wildman–Crippen LogP) is 16.8. The molecule has 0 heterocycles. The van der Waals surface area contributed by atoms with Crippen molar-refractivity contribution >= 4 is 11.9 Å². The summed E-state index contributed by atoms with van der Waals surface area (Å²) >= 11 is 0. The zero-order valence-corrected chi connectivity index (χ0v) is 38.8. The molecule has 0 aliphatic carbocycles. The van der Waals surface area contributed by atoms with Gasteiger partial charge in [0.25, 0.3) is 0 Å². The van der Waals surface area contributed by atoms with Crippen molar-refractivity contribution < 1.29 is 23.8 Å². The van der Waals surface area contributed by atoms with E-state index in [2.05, 4.69) is 69.4 Å². The largest absolute Gasteiger partial charge is 0.462 e. The Kier molecular flexibility index (Phi) is 47.4. The molecule has 0 amide bonds. The highest BCUT2D eigenvalue weighted by molar-refractivity contribution is 5.70. The minimum atomic E-state index is -0.547. The van der Waals surface area contributed by atoms with Crippen molar-refractivity contribution in [3.8, 4) is 0 Å². The minimum absolute atomic E-state index is 0.0735. The minimum Gasteiger partial charge on any atom is -0.462 e. The first-order valence-electron chi connectivity index (χ1n) is 25.2. The van der Waals surface area contributed by atoms with Crippen LogP contribution in [0, 0.1) is 0 Å². The maximum Gasteiger partial charge on any atom is 0.306 e. The molecule has 5 nitrogen and oxygen atoms in total. The summed E-state index contributed by atoms with van der Waals surface area (Å²) < 4.78 is 17.4. The molecule has 0 aromatic rings. The summed E-state index contributed by atoms with van der Waals surface area (Å²) in [6.45, 7) is 7.73. The third-order valence-corrected chi connectivity index (χ3v) is 10.8. The third kappa shape index (κ3) is 46.5. The molecular weight excluding hydrogens is 717 g/mol. The summed E-state index contributed by atoms with van der Waals surface area (Å²) in [4.78, 5) is 25.3. The Morgan fingerprint density at radius 3 is 1.24 bits per heavy atom. The second-order valence-electron chi connectivity index (χ2n) is 16.7. The summed E-state index contributed by atoms with van der Waals surface area (Å²) in [5.74, 6) is -0.421. The highest BCUT2D eigenvalue weighted by atomic mass is 16.6. The molecule has 0 aliphatic rings. The maximum atomic E-state index is 12.8. The topological polar surface area (TPSA) is 61.8 Å². The lowest BCUT2D eigenvalue weighted by Crippen LogP contribution is -2.30. The van der Waals surface area contributed by atoms with Gasteiger partial charge in [0.05, 0.1) is 6.61 Å². The molecular formula is C53H96O5. The first kappa shape index (κ1) is 55.9. The van der Waals surface area contributed by atoms with Gasteiger partial charge in [-0.3, -0.25) is 9.59 Å². The molecule has 0 saturated heterocycles. The lowest BCUT2D eigenvalue weighted by Gasteiger charge is -2.18. The Morgan fingerprint density at radius 1 is 0.379 bits per heavy atom. The fraction of sp³-hybridized carbons (Fsp3) is 0.811. The van der Waals surface area contributed by atoms with Crippen LogP contribution < -0.4 is 0 Å². The Hall–Kier alpha value is -2.14. The molecule has 0 aliphatic heterocycles. The summed E-state index contributed by atoms with van der Waals surface area (Å²) in [7, 11) is 0. The van der Waals surface area contributed by atoms with E-state index in [1.165, 1.54) is 148 Å². The molecule has 0 radical (unpaired) electrons. The van der Waals surface area contributed by atoms with Gasteiger partial charge in [-0.05, 0) is 96.3 Å². The monoisotopic (exact) mass is 813 g/mol. The summed E-state index contributed by atoms with van der Waals surface area (Å²) in [6, 6.07) is 0. The fourth-order valence-electron chi connectivity index (χ4n) is 7.01. The molecule has 0 fully saturated rings. The van der Waals surface area contributed by atoms with Gasteiger partial charge in [-0.15, -0.1) is 0 Å². The van der Waals surface area contributed by atoms with Crippen LogP contribution in [-0.2, 0) is 23.8 Å². The van der Waals surface area contributed by atoms with Crippen LogP contribution in [0.1, 0.15) is 252 Å². The van der Waals surface area contributed by atoms with Gasteiger partial charge in [0.15, 0.2) is 6.10 Å². The first-order valence-corrected chi connectivity index (χ1v) is 25.2. The number of esters is 2. The summed E-state index contributed by atoms with van der Waals surface area (Å²) in [6.07, 6.45) is 59.7. The van der Waals surface area contributed by atoms with Crippen molar-refractivity contribution in [2.24, 2.45) is 0 Å². The van der Waals surface area contributed by atoms with Gasteiger partial charge in [-0.2, -0.15) is 0 Å². The van der Waals surface area contributed by atoms with Gasteiger partial charge < -0.3 is 14.2 Å². The van der Waals surface area contributed by atoms with Gasteiger partial charge in [0, 0.05) is 19.4 Å². The lowest BCUT2D eigenvalue weighted by atomic mass is 10.1. The molecule has 1 atom stereocenters. The van der Waals surface area contributed by atoms with E-state index in [0.29, 0.717) is 19.4 Å². The van der Waals surface area contributed by atoms with Crippen LogP contribution in [0.15, 0.2) is 48.6 Å². The van der Waals surface area contributed by atoms with Crippen LogP contribution in [0.25, 0.3) is 0 Å². The SMILES string of the molecule is CCC/C=C\C/C=C\CCCCCCCC(=O)OCC(COCCCCCCCC/C=C\CCCCCCCC)OC(=O)CCCCCCC/C=C\CCCCCC. The van der Waals surface area contributed by atoms with Gasteiger partial charge in [-0.25, -0.2) is 0 Å². The molecule has 0 N–H and O–H groups in total. The van der Waals surface area contributed by atoms with Crippen molar-refractivity contribution in [3.05, 3.63) is 48.6 Å². The van der Waals surface area contributed by atoms with E-state index < -0.39 is 6.10 Å². The number of hydrogen-bond donors (Lipinski definition) is 0. The molecule has 0 spiro atoms. The molecule has 0 saturated carbocycles. The van der Waals surface area contributed by atoms with Crippen molar-refractivity contribution in [1.82, 2.24) is 0 Å². The first-order chi connectivity index (χ1) is 28.6. The van der Waals surface area contributed by atoms with Crippen LogP contribution in [0.3, 0.4) is 0 Å². The molecule has 5 heteroatoms. The van der Waals surface area contributed by atoms with E-state index in [9.17, 15) is 9.59 Å². The molecule has 0 bridgehead atoms. The molecule has 0 aromatic heterocycles. The number of rotatable bonds is 46. The number of carbonyl (C=O) groups excluding carboxylic acids is 2. The zero-order chi connectivity index (χ0) is 42.1. The highest BCUT2D eigenvalue weighted by Gasteiger charge is 2.17. The highest BCUT2D eigenvalue weighted by Crippen LogP contribution is 2.13. The van der Waals surface area contributed by atoms with Crippen LogP contribution >= 0.6 is 0 Å². The van der Waals surface area contributed by atoms with Crippen molar-refractivity contribution in [3.63, 3.8) is 0 Å². The van der Waals surface area contributed by atoms with Crippen molar-refractivity contribution in [2.75, 3.05) is 19.8 Å². The number of carbonyl (C=O) groups is 2. The normalized spacial score (nSPS) is 12.5. The number of hydrogen-bond acceptors (Lipinski definition) is 5. The van der Waals surface area contributed by atoms with Crippen molar-refractivity contribution in [2.45, 2.75) is 258 Å². The second-order valence-corrected chi connectivity index (χ2v) is 16.7. The Morgan fingerprint density at radius 2 is 0.759 bits per heavy atom. The average molecular weight is 813 g/mol. The van der Waals surface area contributed by atoms with Gasteiger partial charge in [0.1, 0.15) is 6.61 Å². The number of allylic oxidation sites excluding steroid dienone is 8. The Balaban J connectivity index is 4.28. The van der Waals surface area contributed by atoms with Crippen LogP contribution in [0.4, 0.5) is 0 Å². The molecule has 0 rings (SSSR count). The van der Waals surface area contributed by atoms with E-state index >= 15 is 0 Å². The van der Waals surface area contributed by atoms with Gasteiger partial charge in [-0.1, -0.05) is 191 Å². The maximum absolute atomic E-state index is 12.8. The standard InChI is InChI=1S/C53H96O5/c1-4-7-10-13-16-19-22-25-26-27-30-33-36-39-42-45-48-56-49-51(58-53(55)47-44-41-38-35-32-29-24-21-18-15-12-9-6-3)50-57-52(54)46-43-40-37-34-31-28-23-20-17-14-11-8-5-2/h11,14,20-21,23-26,51H,4-10,12-13,15-19,22,27-50H2,1-3H3/b14-11-,23-20-,24-21-,26-25-. The Bertz CT molecular complexity index is 966. The van der Waals surface area contributed by atoms with Crippen LogP contribution in [-0.4, -0.2) is 37.9 Å². The van der Waals surface area contributed by atoms with E-state index in [4.69, 9.17) is 14.2 Å². The average Bonchev–Trinajstić information content (AvgIpc) is 3.22. The van der Waals surface area contributed by atoms with Gasteiger partial charge >= 0.3 is 11.9 Å². The lowest BCUT2D eigenvalue weighted by molar-refractivity contribution is -0.163. The smallest absolute Gasteiger partial charge is 0.306 e. The number of unbranched alkanes of at least 4 members (excludes halogenated alkanes) is 27. The third-order valence-electron chi connectivity index (χ3n) is 10.8. The van der Waals surface area contributed by atoms with E-state index in [1.54, 1.807) is 0 Å². The summed E-state index contributed by atoms with van der Waals surface area (Å²) in [5.41, 5.74) is 0. The summed E-state index contributed by atoms with van der Waals surface area (Å²) in [5, 5.41) is 0. The molecule has 0 aromatic carbocycles. The van der Waals surface area contributed by atoms with Crippen molar-refractivity contribution in [1.29, 1.82) is 0 Å². The van der Waals surface area contributed by atoms with Gasteiger partial charge in [0.2, 0.25) is 0 Å². The number of ether oxygens (including phenoxy) is 3. The molecule has 1 unspecified atom stereocenters. The fourth-order valence-corrected chi connectivity index (χ4v) is 7.01. The quantitative estimate of drug-likeness (QED) is 0.0348. The van der Waals surface area contributed by atoms with Crippen LogP contribution in [0.5, 0.6) is 0 Å². The second kappa shape index (κ2) is 49.2. The van der Waals surface area contributed by atoms with E-state index in [-0.39, 0.29) is 25.2 Å². The molecule has 338 valence electrons. The van der Waals surface area contributed by atoms with E-state index in [0.717, 1.165) is 70.6 Å². The zero-order valence-electron chi connectivity index (χ0n) is 38.8. The van der Waals surface area contributed by atoms with E-state index in [1.807, 2.05) is 0 Å². The predicted molar refractivity (Wildman–Crippen MR) is 251 cm³/mol. The molecule has 58 heavy (non-hydrogen) atoms.